The number of hydrogen-bond acceptors (Lipinski definition) is 6. The van der Waals surface area contributed by atoms with E-state index in [1.165, 1.54) is 12.1 Å². The maximum Gasteiger partial charge on any atom is 0.269 e. The molecule has 27 heavy (non-hydrogen) atoms. The number of nitro benzene ring substituents is 1. The second kappa shape index (κ2) is 7.69. The number of nitrogens with zero attached hydrogens (tertiary/aromatic N) is 4. The predicted molar refractivity (Wildman–Crippen MR) is 102 cm³/mol. The summed E-state index contributed by atoms with van der Waals surface area (Å²) in [6, 6.07) is 11.7. The lowest BCUT2D eigenvalue weighted by Gasteiger charge is -2.07. The van der Waals surface area contributed by atoms with Crippen molar-refractivity contribution < 1.29 is 14.4 Å². The van der Waals surface area contributed by atoms with Crippen LogP contribution < -0.4 is 9.47 Å². The van der Waals surface area contributed by atoms with Crippen LogP contribution in [0.3, 0.4) is 0 Å². The molecule has 0 aliphatic rings. The first-order valence-corrected chi connectivity index (χ1v) is 8.08. The zero-order valence-corrected chi connectivity index (χ0v) is 15.1. The Hall–Kier alpha value is -3.68. The van der Waals surface area contributed by atoms with E-state index in [2.05, 4.69) is 10.2 Å². The standard InChI is InChI=1S/C19H18N4O4/c1-22-18(11-7-13-6-10-16(26-2)12-17(13)27-3)20-21-19(22)14-4-8-15(9-5-14)23(24)25/h4-12H,1-3H3/b11-7+. The Morgan fingerprint density at radius 1 is 1.04 bits per heavy atom. The number of ether oxygens (including phenoxy) is 2. The molecule has 0 aliphatic carbocycles. The van der Waals surface area contributed by atoms with E-state index in [0.29, 0.717) is 23.1 Å². The van der Waals surface area contributed by atoms with Crippen molar-refractivity contribution in [2.45, 2.75) is 0 Å². The molecule has 0 N–H and O–H groups in total. The molecule has 0 bridgehead atoms. The van der Waals surface area contributed by atoms with Crippen LogP contribution in [0.15, 0.2) is 42.5 Å². The Morgan fingerprint density at radius 2 is 1.78 bits per heavy atom. The van der Waals surface area contributed by atoms with E-state index >= 15 is 0 Å². The first kappa shape index (κ1) is 18.1. The third-order valence-corrected chi connectivity index (χ3v) is 4.10. The van der Waals surface area contributed by atoms with Gasteiger partial charge >= 0.3 is 0 Å². The lowest BCUT2D eigenvalue weighted by Crippen LogP contribution is -1.96. The van der Waals surface area contributed by atoms with Gasteiger partial charge < -0.3 is 14.0 Å². The maximum absolute atomic E-state index is 10.8. The van der Waals surface area contributed by atoms with Crippen molar-refractivity contribution in [3.63, 3.8) is 0 Å². The monoisotopic (exact) mass is 366 g/mol. The van der Waals surface area contributed by atoms with Crippen molar-refractivity contribution >= 4 is 17.8 Å². The predicted octanol–water partition coefficient (Wildman–Crippen LogP) is 3.58. The van der Waals surface area contributed by atoms with Crippen molar-refractivity contribution in [3.8, 4) is 22.9 Å². The Bertz CT molecular complexity index is 993. The van der Waals surface area contributed by atoms with E-state index in [4.69, 9.17) is 9.47 Å². The highest BCUT2D eigenvalue weighted by Gasteiger charge is 2.11. The van der Waals surface area contributed by atoms with Crippen LogP contribution in [0.1, 0.15) is 11.4 Å². The van der Waals surface area contributed by atoms with E-state index in [-0.39, 0.29) is 5.69 Å². The quantitative estimate of drug-likeness (QED) is 0.489. The van der Waals surface area contributed by atoms with Gasteiger partial charge in [-0.1, -0.05) is 0 Å². The van der Waals surface area contributed by atoms with Crippen LogP contribution in [0.2, 0.25) is 0 Å². The molecule has 0 amide bonds. The molecule has 8 nitrogen and oxygen atoms in total. The minimum atomic E-state index is -0.434. The van der Waals surface area contributed by atoms with Gasteiger partial charge in [0, 0.05) is 36.4 Å². The molecule has 0 saturated carbocycles. The summed E-state index contributed by atoms with van der Waals surface area (Å²) in [6.45, 7) is 0. The van der Waals surface area contributed by atoms with Crippen LogP contribution in [0.5, 0.6) is 11.5 Å². The van der Waals surface area contributed by atoms with Crippen LogP contribution in [0.4, 0.5) is 5.69 Å². The summed E-state index contributed by atoms with van der Waals surface area (Å²) >= 11 is 0. The zero-order chi connectivity index (χ0) is 19.4. The fourth-order valence-corrected chi connectivity index (χ4v) is 2.59. The fourth-order valence-electron chi connectivity index (χ4n) is 2.59. The number of rotatable bonds is 6. The largest absolute Gasteiger partial charge is 0.497 e. The summed E-state index contributed by atoms with van der Waals surface area (Å²) in [4.78, 5) is 10.3. The average molecular weight is 366 g/mol. The molecule has 138 valence electrons. The van der Waals surface area contributed by atoms with Crippen LogP contribution in [-0.2, 0) is 7.05 Å². The third kappa shape index (κ3) is 3.79. The first-order valence-electron chi connectivity index (χ1n) is 8.08. The lowest BCUT2D eigenvalue weighted by atomic mass is 10.1. The van der Waals surface area contributed by atoms with E-state index in [0.717, 1.165) is 11.1 Å². The summed E-state index contributed by atoms with van der Waals surface area (Å²) in [5.74, 6) is 2.65. The number of benzene rings is 2. The molecular weight excluding hydrogens is 348 g/mol. The van der Waals surface area contributed by atoms with E-state index < -0.39 is 4.92 Å². The SMILES string of the molecule is COc1ccc(/C=C/c2nnc(-c3ccc([N+](=O)[O-])cc3)n2C)c(OC)c1. The Balaban J connectivity index is 1.87. The molecule has 0 spiro atoms. The minimum absolute atomic E-state index is 0.0349. The van der Waals surface area contributed by atoms with Gasteiger partial charge in [-0.3, -0.25) is 10.1 Å². The van der Waals surface area contributed by atoms with Crippen molar-refractivity contribution in [1.29, 1.82) is 0 Å². The molecular formula is C19H18N4O4. The second-order valence-corrected chi connectivity index (χ2v) is 5.69. The van der Waals surface area contributed by atoms with Gasteiger partial charge in [-0.2, -0.15) is 0 Å². The molecule has 0 unspecified atom stereocenters. The molecule has 0 aliphatic heterocycles. The number of non-ortho nitro benzene ring substituents is 1. The molecule has 2 aromatic carbocycles. The fraction of sp³-hybridized carbons (Fsp3) is 0.158. The molecule has 0 fully saturated rings. The number of nitro groups is 1. The minimum Gasteiger partial charge on any atom is -0.497 e. The molecule has 0 radical (unpaired) electrons. The molecule has 3 rings (SSSR count). The highest BCUT2D eigenvalue weighted by molar-refractivity contribution is 5.72. The van der Waals surface area contributed by atoms with Crippen LogP contribution in [-0.4, -0.2) is 33.9 Å². The lowest BCUT2D eigenvalue weighted by molar-refractivity contribution is -0.384. The average Bonchev–Trinajstić information content (AvgIpc) is 3.06. The van der Waals surface area contributed by atoms with Gasteiger partial charge in [-0.25, -0.2) is 0 Å². The topological polar surface area (TPSA) is 92.3 Å². The van der Waals surface area contributed by atoms with Gasteiger partial charge in [0.1, 0.15) is 11.5 Å². The van der Waals surface area contributed by atoms with Gasteiger partial charge in [0.2, 0.25) is 0 Å². The molecule has 3 aromatic rings. The van der Waals surface area contributed by atoms with E-state index in [9.17, 15) is 10.1 Å². The Labute approximate surface area is 155 Å². The first-order chi connectivity index (χ1) is 13.0. The molecule has 1 aromatic heterocycles. The smallest absolute Gasteiger partial charge is 0.269 e. The number of aromatic nitrogens is 3. The second-order valence-electron chi connectivity index (χ2n) is 5.69. The van der Waals surface area contributed by atoms with E-state index in [1.54, 1.807) is 32.4 Å². The number of methoxy groups -OCH3 is 2. The van der Waals surface area contributed by atoms with Crippen LogP contribution in [0, 0.1) is 10.1 Å². The number of hydrogen-bond donors (Lipinski definition) is 0. The summed E-state index contributed by atoms with van der Waals surface area (Å²) in [7, 11) is 5.03. The normalized spacial score (nSPS) is 10.9. The molecule has 0 saturated heterocycles. The highest BCUT2D eigenvalue weighted by atomic mass is 16.6. The molecule has 1 heterocycles. The van der Waals surface area contributed by atoms with Gasteiger partial charge in [0.05, 0.1) is 19.1 Å². The summed E-state index contributed by atoms with van der Waals surface area (Å²) in [6.07, 6.45) is 3.70. The van der Waals surface area contributed by atoms with Gasteiger partial charge in [-0.15, -0.1) is 10.2 Å². The van der Waals surface area contributed by atoms with Crippen molar-refractivity contribution in [2.24, 2.45) is 7.05 Å². The third-order valence-electron chi connectivity index (χ3n) is 4.10. The van der Waals surface area contributed by atoms with Gasteiger partial charge in [0.25, 0.3) is 5.69 Å². The van der Waals surface area contributed by atoms with E-state index in [1.807, 2.05) is 35.9 Å². The molecule has 0 atom stereocenters. The zero-order valence-electron chi connectivity index (χ0n) is 15.1. The van der Waals surface area contributed by atoms with Crippen molar-refractivity contribution in [3.05, 3.63) is 64.0 Å². The summed E-state index contributed by atoms with van der Waals surface area (Å²) in [5.41, 5.74) is 1.66. The van der Waals surface area contributed by atoms with Gasteiger partial charge in [0.15, 0.2) is 11.6 Å². The summed E-state index contributed by atoms with van der Waals surface area (Å²) in [5, 5.41) is 19.1. The van der Waals surface area contributed by atoms with Crippen molar-refractivity contribution in [2.75, 3.05) is 14.2 Å². The maximum atomic E-state index is 10.8. The van der Waals surface area contributed by atoms with Crippen LogP contribution >= 0.6 is 0 Å². The van der Waals surface area contributed by atoms with Gasteiger partial charge in [-0.05, 0) is 36.4 Å². The Kier molecular flexibility index (Phi) is 5.16. The Morgan fingerprint density at radius 3 is 2.41 bits per heavy atom. The van der Waals surface area contributed by atoms with Crippen LogP contribution in [0.25, 0.3) is 23.5 Å². The highest BCUT2D eigenvalue weighted by Crippen LogP contribution is 2.26. The molecule has 8 heteroatoms. The summed E-state index contributed by atoms with van der Waals surface area (Å²) < 4.78 is 12.4. The van der Waals surface area contributed by atoms with Crippen molar-refractivity contribution in [1.82, 2.24) is 14.8 Å².